The van der Waals surface area contributed by atoms with Gasteiger partial charge in [-0.15, -0.1) is 0 Å². The van der Waals surface area contributed by atoms with Crippen LogP contribution in [0.25, 0.3) is 0 Å². The minimum absolute atomic E-state index is 0.123. The quantitative estimate of drug-likeness (QED) is 0.612. The van der Waals surface area contributed by atoms with Crippen molar-refractivity contribution >= 4 is 0 Å². The van der Waals surface area contributed by atoms with Crippen LogP contribution in [-0.2, 0) is 4.74 Å². The van der Waals surface area contributed by atoms with Gasteiger partial charge >= 0.3 is 0 Å². The van der Waals surface area contributed by atoms with Gasteiger partial charge in [0.2, 0.25) is 0 Å². The molecule has 0 heterocycles. The Balaban J connectivity index is 0. The van der Waals surface area contributed by atoms with E-state index in [1.807, 2.05) is 13.8 Å². The van der Waals surface area contributed by atoms with E-state index in [1.165, 1.54) is 0 Å². The Labute approximate surface area is 62.6 Å². The molecule has 10 heavy (non-hydrogen) atoms. The molecule has 3 heteroatoms. The summed E-state index contributed by atoms with van der Waals surface area (Å²) >= 11 is 0. The molecule has 2 N–H and O–H groups in total. The topological polar surface area (TPSA) is 49.7 Å². The van der Waals surface area contributed by atoms with Gasteiger partial charge in [-0.25, -0.2) is 0 Å². The largest absolute Gasteiger partial charge is 0.397 e. The third-order valence-corrected chi connectivity index (χ3v) is 0.542. The lowest BCUT2D eigenvalue weighted by atomic mass is 10.5. The fourth-order valence-electron chi connectivity index (χ4n) is 0.288. The van der Waals surface area contributed by atoms with Gasteiger partial charge in [0, 0.05) is 6.61 Å². The Bertz CT molecular complexity index is 46.1. The van der Waals surface area contributed by atoms with Gasteiger partial charge in [0.1, 0.15) is 0 Å². The molecular formula is C7H18O3. The van der Waals surface area contributed by atoms with E-state index < -0.39 is 0 Å². The van der Waals surface area contributed by atoms with Crippen LogP contribution >= 0.6 is 0 Å². The zero-order chi connectivity index (χ0) is 8.41. The number of hydrogen-bond donors (Lipinski definition) is 2. The van der Waals surface area contributed by atoms with Crippen LogP contribution in [0.2, 0.25) is 0 Å². The maximum absolute atomic E-state index is 8.19. The van der Waals surface area contributed by atoms with E-state index in [4.69, 9.17) is 14.9 Å². The first-order chi connectivity index (χ1) is 4.68. The first kappa shape index (κ1) is 12.5. The highest BCUT2D eigenvalue weighted by Gasteiger charge is 1.87. The predicted octanol–water partition coefficient (Wildman–Crippen LogP) is 0.402. The van der Waals surface area contributed by atoms with E-state index in [2.05, 4.69) is 0 Å². The van der Waals surface area contributed by atoms with E-state index in [-0.39, 0.29) is 19.3 Å². The molecule has 64 valence electrons. The summed E-state index contributed by atoms with van der Waals surface area (Å²) in [6, 6.07) is 0. The summed E-state index contributed by atoms with van der Waals surface area (Å²) in [7, 11) is 0. The molecule has 0 bridgehead atoms. The fraction of sp³-hybridized carbons (Fsp3) is 1.00. The second-order valence-corrected chi connectivity index (χ2v) is 1.96. The molecular weight excluding hydrogens is 132 g/mol. The number of rotatable bonds is 3. The number of aliphatic hydroxyl groups is 2. The van der Waals surface area contributed by atoms with Crippen LogP contribution in [0, 0.1) is 0 Å². The molecule has 0 aromatic carbocycles. The van der Waals surface area contributed by atoms with Crippen LogP contribution in [0.5, 0.6) is 0 Å². The van der Waals surface area contributed by atoms with Crippen LogP contribution in [-0.4, -0.2) is 36.1 Å². The zero-order valence-electron chi connectivity index (χ0n) is 7.00. The van der Waals surface area contributed by atoms with Crippen molar-refractivity contribution in [3.63, 3.8) is 0 Å². The number of hydrogen-bond acceptors (Lipinski definition) is 3. The second kappa shape index (κ2) is 11.6. The van der Waals surface area contributed by atoms with Crippen molar-refractivity contribution in [3.05, 3.63) is 0 Å². The molecule has 0 aromatic heterocycles. The van der Waals surface area contributed by atoms with Gasteiger partial charge in [-0.05, 0) is 20.8 Å². The molecule has 0 rings (SSSR count). The Morgan fingerprint density at radius 1 is 1.30 bits per heavy atom. The molecule has 0 aromatic rings. The summed E-state index contributed by atoms with van der Waals surface area (Å²) in [6.45, 7) is 6.39. The fourth-order valence-corrected chi connectivity index (χ4v) is 0.288. The van der Waals surface area contributed by atoms with Crippen molar-refractivity contribution in [2.24, 2.45) is 0 Å². The lowest BCUT2D eigenvalue weighted by Gasteiger charge is -2.02. The summed E-state index contributed by atoms with van der Waals surface area (Å²) in [4.78, 5) is 0. The summed E-state index contributed by atoms with van der Waals surface area (Å²) in [6.07, 6.45) is 0.243. The molecule has 0 aliphatic carbocycles. The third kappa shape index (κ3) is 24.8. The van der Waals surface area contributed by atoms with Crippen molar-refractivity contribution in [3.8, 4) is 0 Å². The van der Waals surface area contributed by atoms with E-state index >= 15 is 0 Å². The standard InChI is InChI=1S/C5H12O2.C2H6O/c1-5(2)7-4-3-6;1-2-3/h5-6H,3-4H2,1-2H3;3H,2H2,1H3. The van der Waals surface area contributed by atoms with E-state index in [1.54, 1.807) is 6.92 Å². The molecule has 0 saturated heterocycles. The van der Waals surface area contributed by atoms with Crippen molar-refractivity contribution in [2.45, 2.75) is 26.9 Å². The highest BCUT2D eigenvalue weighted by Crippen LogP contribution is 1.83. The zero-order valence-corrected chi connectivity index (χ0v) is 7.00. The summed E-state index contributed by atoms with van der Waals surface area (Å²) in [5.74, 6) is 0. The van der Waals surface area contributed by atoms with Crippen molar-refractivity contribution in [1.82, 2.24) is 0 Å². The smallest absolute Gasteiger partial charge is 0.0701 e. The van der Waals surface area contributed by atoms with Gasteiger partial charge < -0.3 is 14.9 Å². The van der Waals surface area contributed by atoms with Crippen LogP contribution in [0.15, 0.2) is 0 Å². The summed E-state index contributed by atoms with van der Waals surface area (Å²) < 4.78 is 4.94. The normalized spacial score (nSPS) is 9.00. The Morgan fingerprint density at radius 2 is 1.70 bits per heavy atom. The molecule has 3 nitrogen and oxygen atoms in total. The first-order valence-corrected chi connectivity index (χ1v) is 3.52. The minimum atomic E-state index is 0.123. The maximum atomic E-state index is 8.19. The number of aliphatic hydroxyl groups excluding tert-OH is 2. The summed E-state index contributed by atoms with van der Waals surface area (Å²) in [5, 5.41) is 15.8. The van der Waals surface area contributed by atoms with Crippen LogP contribution in [0.3, 0.4) is 0 Å². The molecule has 0 saturated carbocycles. The third-order valence-electron chi connectivity index (χ3n) is 0.542. The summed E-state index contributed by atoms with van der Waals surface area (Å²) in [5.41, 5.74) is 0. The molecule has 0 aliphatic rings. The monoisotopic (exact) mass is 150 g/mol. The van der Waals surface area contributed by atoms with E-state index in [0.29, 0.717) is 6.61 Å². The lowest BCUT2D eigenvalue weighted by molar-refractivity contribution is 0.0494. The highest BCUT2D eigenvalue weighted by molar-refractivity contribution is 4.33. The second-order valence-electron chi connectivity index (χ2n) is 1.96. The molecule has 0 spiro atoms. The van der Waals surface area contributed by atoms with Gasteiger partial charge in [0.15, 0.2) is 0 Å². The molecule has 0 unspecified atom stereocenters. The van der Waals surface area contributed by atoms with Gasteiger partial charge in [0.25, 0.3) is 0 Å². The Hall–Kier alpha value is -0.120. The first-order valence-electron chi connectivity index (χ1n) is 3.52. The van der Waals surface area contributed by atoms with Crippen molar-refractivity contribution < 1.29 is 14.9 Å². The van der Waals surface area contributed by atoms with Crippen LogP contribution < -0.4 is 0 Å². The van der Waals surface area contributed by atoms with Crippen LogP contribution in [0.4, 0.5) is 0 Å². The van der Waals surface area contributed by atoms with Gasteiger partial charge in [-0.3, -0.25) is 0 Å². The van der Waals surface area contributed by atoms with Crippen molar-refractivity contribution in [1.29, 1.82) is 0 Å². The maximum Gasteiger partial charge on any atom is 0.0701 e. The highest BCUT2D eigenvalue weighted by atomic mass is 16.5. The molecule has 0 atom stereocenters. The van der Waals surface area contributed by atoms with Gasteiger partial charge in [0.05, 0.1) is 19.3 Å². The molecule has 0 fully saturated rings. The lowest BCUT2D eigenvalue weighted by Crippen LogP contribution is -2.06. The van der Waals surface area contributed by atoms with E-state index in [9.17, 15) is 0 Å². The van der Waals surface area contributed by atoms with Crippen molar-refractivity contribution in [2.75, 3.05) is 19.8 Å². The molecule has 0 aliphatic heterocycles. The predicted molar refractivity (Wildman–Crippen MR) is 40.9 cm³/mol. The minimum Gasteiger partial charge on any atom is -0.397 e. The SMILES string of the molecule is CC(C)OCCO.CCO. The van der Waals surface area contributed by atoms with Gasteiger partial charge in [-0.1, -0.05) is 0 Å². The Morgan fingerprint density at radius 3 is 1.80 bits per heavy atom. The molecule has 0 radical (unpaired) electrons. The Kier molecular flexibility index (Phi) is 14.6. The number of ether oxygens (including phenoxy) is 1. The van der Waals surface area contributed by atoms with Gasteiger partial charge in [-0.2, -0.15) is 0 Å². The average molecular weight is 150 g/mol. The average Bonchev–Trinajstić information content (AvgIpc) is 1.85. The molecule has 0 amide bonds. The van der Waals surface area contributed by atoms with Crippen LogP contribution in [0.1, 0.15) is 20.8 Å². The van der Waals surface area contributed by atoms with E-state index in [0.717, 1.165) is 0 Å².